The van der Waals surface area contributed by atoms with Gasteiger partial charge in [0.15, 0.2) is 5.11 Å². The van der Waals surface area contributed by atoms with Crippen LogP contribution >= 0.6 is 12.2 Å². The number of thiocarbonyl (C=S) groups is 1. The Morgan fingerprint density at radius 3 is 2.61 bits per heavy atom. The highest BCUT2D eigenvalue weighted by molar-refractivity contribution is 7.80. The zero-order chi connectivity index (χ0) is 13.0. The van der Waals surface area contributed by atoms with Gasteiger partial charge in [0, 0.05) is 17.6 Å². The van der Waals surface area contributed by atoms with Crippen molar-refractivity contribution in [3.05, 3.63) is 47.8 Å². The van der Waals surface area contributed by atoms with Crippen LogP contribution in [0.25, 0.3) is 0 Å². The van der Waals surface area contributed by atoms with Crippen molar-refractivity contribution in [1.29, 1.82) is 0 Å². The fraction of sp³-hybridized carbons (Fsp3) is 0.154. The second-order valence-electron chi connectivity index (χ2n) is 3.92. The third kappa shape index (κ3) is 3.24. The highest BCUT2D eigenvalue weighted by atomic mass is 32.1. The summed E-state index contributed by atoms with van der Waals surface area (Å²) < 4.78 is 0. The first-order valence-electron chi connectivity index (χ1n) is 5.58. The van der Waals surface area contributed by atoms with Gasteiger partial charge in [0.25, 0.3) is 0 Å². The normalized spacial score (nSPS) is 9.89. The lowest BCUT2D eigenvalue weighted by Crippen LogP contribution is -2.21. The molecule has 2 N–H and O–H groups in total. The second kappa shape index (κ2) is 5.55. The molecule has 0 aliphatic carbocycles. The summed E-state index contributed by atoms with van der Waals surface area (Å²) in [5.41, 5.74) is 3.00. The van der Waals surface area contributed by atoms with Crippen LogP contribution in [0, 0.1) is 13.8 Å². The number of para-hydroxylation sites is 1. The Morgan fingerprint density at radius 2 is 1.89 bits per heavy atom. The van der Waals surface area contributed by atoms with E-state index in [-0.39, 0.29) is 0 Å². The summed E-state index contributed by atoms with van der Waals surface area (Å²) in [6, 6.07) is 9.78. The van der Waals surface area contributed by atoms with Crippen molar-refractivity contribution in [2.24, 2.45) is 0 Å². The summed E-state index contributed by atoms with van der Waals surface area (Å²) in [5.74, 6) is 0.501. The SMILES string of the molecule is Cc1ccnc(NC(=S)Nc2ccccc2C)n1. The van der Waals surface area contributed by atoms with E-state index in [1.807, 2.05) is 44.2 Å². The van der Waals surface area contributed by atoms with Crippen LogP contribution in [-0.4, -0.2) is 15.1 Å². The van der Waals surface area contributed by atoms with E-state index in [1.165, 1.54) is 0 Å². The Labute approximate surface area is 111 Å². The number of anilines is 2. The molecule has 0 saturated carbocycles. The van der Waals surface area contributed by atoms with Crippen LogP contribution in [0.3, 0.4) is 0 Å². The van der Waals surface area contributed by atoms with E-state index in [2.05, 4.69) is 20.6 Å². The quantitative estimate of drug-likeness (QED) is 0.811. The van der Waals surface area contributed by atoms with Crippen LogP contribution in [0.1, 0.15) is 11.3 Å². The molecule has 1 aromatic carbocycles. The number of nitrogens with one attached hydrogen (secondary N) is 2. The highest BCUT2D eigenvalue weighted by Gasteiger charge is 2.02. The van der Waals surface area contributed by atoms with Crippen LogP contribution in [0.4, 0.5) is 11.6 Å². The molecule has 0 amide bonds. The summed E-state index contributed by atoms with van der Waals surface area (Å²) in [6.07, 6.45) is 1.70. The van der Waals surface area contributed by atoms with Crippen LogP contribution in [0.5, 0.6) is 0 Å². The molecule has 5 heteroatoms. The monoisotopic (exact) mass is 258 g/mol. The minimum absolute atomic E-state index is 0.481. The average Bonchev–Trinajstić information content (AvgIpc) is 2.32. The first-order chi connectivity index (χ1) is 8.65. The van der Waals surface area contributed by atoms with Gasteiger partial charge in [0.05, 0.1) is 0 Å². The van der Waals surface area contributed by atoms with Gasteiger partial charge in [0.1, 0.15) is 0 Å². The molecule has 0 saturated heterocycles. The van der Waals surface area contributed by atoms with Gasteiger partial charge in [0.2, 0.25) is 5.95 Å². The van der Waals surface area contributed by atoms with Gasteiger partial charge < -0.3 is 10.6 Å². The number of benzene rings is 1. The molecule has 0 spiro atoms. The van der Waals surface area contributed by atoms with E-state index in [9.17, 15) is 0 Å². The minimum atomic E-state index is 0.481. The average molecular weight is 258 g/mol. The number of aromatic nitrogens is 2. The number of nitrogens with zero attached hydrogens (tertiary/aromatic N) is 2. The van der Waals surface area contributed by atoms with E-state index in [0.717, 1.165) is 16.9 Å². The predicted octanol–water partition coefficient (Wildman–Crippen LogP) is 2.90. The molecule has 92 valence electrons. The molecule has 2 aromatic rings. The van der Waals surface area contributed by atoms with E-state index < -0.39 is 0 Å². The standard InChI is InChI=1S/C13H14N4S/c1-9-5-3-4-6-11(9)16-13(18)17-12-14-8-7-10(2)15-12/h3-8H,1-2H3,(H2,14,15,16,17,18). The van der Waals surface area contributed by atoms with Crippen molar-refractivity contribution in [2.45, 2.75) is 13.8 Å². The van der Waals surface area contributed by atoms with Crippen molar-refractivity contribution in [1.82, 2.24) is 9.97 Å². The lowest BCUT2D eigenvalue weighted by molar-refractivity contribution is 1.11. The first-order valence-corrected chi connectivity index (χ1v) is 5.99. The third-order valence-electron chi connectivity index (χ3n) is 2.41. The Morgan fingerprint density at radius 1 is 1.11 bits per heavy atom. The topological polar surface area (TPSA) is 49.8 Å². The Balaban J connectivity index is 2.03. The van der Waals surface area contributed by atoms with E-state index >= 15 is 0 Å². The molecular weight excluding hydrogens is 244 g/mol. The van der Waals surface area contributed by atoms with Gasteiger partial charge in [-0.1, -0.05) is 18.2 Å². The van der Waals surface area contributed by atoms with Crippen LogP contribution in [0.15, 0.2) is 36.5 Å². The van der Waals surface area contributed by atoms with Gasteiger partial charge in [-0.15, -0.1) is 0 Å². The lowest BCUT2D eigenvalue weighted by atomic mass is 10.2. The Hall–Kier alpha value is -2.01. The molecule has 18 heavy (non-hydrogen) atoms. The van der Waals surface area contributed by atoms with Crippen LogP contribution < -0.4 is 10.6 Å². The van der Waals surface area contributed by atoms with E-state index in [4.69, 9.17) is 12.2 Å². The van der Waals surface area contributed by atoms with Gasteiger partial charge in [-0.2, -0.15) is 0 Å². The maximum Gasteiger partial charge on any atom is 0.229 e. The third-order valence-corrected chi connectivity index (χ3v) is 2.62. The zero-order valence-corrected chi connectivity index (χ0v) is 11.1. The molecule has 1 heterocycles. The van der Waals surface area contributed by atoms with Gasteiger partial charge >= 0.3 is 0 Å². The summed E-state index contributed by atoms with van der Waals surface area (Å²) in [5, 5.41) is 6.56. The maximum atomic E-state index is 5.22. The molecule has 1 aromatic heterocycles. The number of rotatable bonds is 2. The minimum Gasteiger partial charge on any atom is -0.332 e. The molecular formula is C13H14N4S. The summed E-state index contributed by atoms with van der Waals surface area (Å²) in [6.45, 7) is 3.93. The zero-order valence-electron chi connectivity index (χ0n) is 10.3. The molecule has 0 unspecified atom stereocenters. The molecule has 2 rings (SSSR count). The molecule has 0 aliphatic rings. The Kier molecular flexibility index (Phi) is 3.84. The van der Waals surface area contributed by atoms with Crippen molar-refractivity contribution in [3.8, 4) is 0 Å². The van der Waals surface area contributed by atoms with Crippen molar-refractivity contribution in [3.63, 3.8) is 0 Å². The molecule has 0 bridgehead atoms. The predicted molar refractivity (Wildman–Crippen MR) is 77.8 cm³/mol. The van der Waals surface area contributed by atoms with Crippen molar-refractivity contribution in [2.75, 3.05) is 10.6 Å². The highest BCUT2D eigenvalue weighted by Crippen LogP contribution is 2.13. The smallest absolute Gasteiger partial charge is 0.229 e. The molecule has 0 atom stereocenters. The molecule has 0 fully saturated rings. The fourth-order valence-electron chi connectivity index (χ4n) is 1.48. The molecule has 4 nitrogen and oxygen atoms in total. The maximum absolute atomic E-state index is 5.22. The fourth-order valence-corrected chi connectivity index (χ4v) is 1.68. The number of hydrogen-bond acceptors (Lipinski definition) is 3. The van der Waals surface area contributed by atoms with Crippen LogP contribution in [0.2, 0.25) is 0 Å². The number of aryl methyl sites for hydroxylation is 2. The van der Waals surface area contributed by atoms with Crippen molar-refractivity contribution >= 4 is 29.0 Å². The summed E-state index contributed by atoms with van der Waals surface area (Å²) in [4.78, 5) is 8.32. The summed E-state index contributed by atoms with van der Waals surface area (Å²) in [7, 11) is 0. The molecule has 0 radical (unpaired) electrons. The largest absolute Gasteiger partial charge is 0.332 e. The second-order valence-corrected chi connectivity index (χ2v) is 4.32. The summed E-state index contributed by atoms with van der Waals surface area (Å²) >= 11 is 5.22. The van der Waals surface area contributed by atoms with Gasteiger partial charge in [-0.25, -0.2) is 9.97 Å². The van der Waals surface area contributed by atoms with Gasteiger partial charge in [-0.05, 0) is 43.8 Å². The van der Waals surface area contributed by atoms with Crippen molar-refractivity contribution < 1.29 is 0 Å². The van der Waals surface area contributed by atoms with Gasteiger partial charge in [-0.3, -0.25) is 0 Å². The molecule has 0 aliphatic heterocycles. The van der Waals surface area contributed by atoms with E-state index in [0.29, 0.717) is 11.1 Å². The van der Waals surface area contributed by atoms with E-state index in [1.54, 1.807) is 6.20 Å². The Bertz CT molecular complexity index is 568. The van der Waals surface area contributed by atoms with Crippen LogP contribution in [-0.2, 0) is 0 Å². The number of hydrogen-bond donors (Lipinski definition) is 2. The lowest BCUT2D eigenvalue weighted by Gasteiger charge is -2.11. The first kappa shape index (κ1) is 12.4.